The van der Waals surface area contributed by atoms with Crippen LogP contribution in [0.2, 0.25) is 0 Å². The van der Waals surface area contributed by atoms with Crippen molar-refractivity contribution in [3.05, 3.63) is 0 Å². The third kappa shape index (κ3) is 3.49. The van der Waals surface area contributed by atoms with Gasteiger partial charge >= 0.3 is 0 Å². The SMILES string of the molecule is CC(C)CSCC(O)(CN)C1CC1. The molecule has 1 saturated carbocycles. The van der Waals surface area contributed by atoms with E-state index in [1.807, 2.05) is 11.8 Å². The van der Waals surface area contributed by atoms with Crippen LogP contribution in [0.3, 0.4) is 0 Å². The van der Waals surface area contributed by atoms with Gasteiger partial charge in [-0.05, 0) is 30.4 Å². The van der Waals surface area contributed by atoms with Crippen LogP contribution >= 0.6 is 11.8 Å². The molecule has 0 heterocycles. The first-order chi connectivity index (χ1) is 6.08. The highest BCUT2D eigenvalue weighted by molar-refractivity contribution is 7.99. The molecule has 3 heteroatoms. The second-order valence-electron chi connectivity index (χ2n) is 4.49. The molecule has 2 nitrogen and oxygen atoms in total. The Morgan fingerprint density at radius 2 is 2.15 bits per heavy atom. The molecule has 0 bridgehead atoms. The number of thioether (sulfide) groups is 1. The van der Waals surface area contributed by atoms with Gasteiger partial charge in [-0.25, -0.2) is 0 Å². The van der Waals surface area contributed by atoms with Gasteiger partial charge in [-0.3, -0.25) is 0 Å². The van der Waals surface area contributed by atoms with Crippen LogP contribution in [0.4, 0.5) is 0 Å². The van der Waals surface area contributed by atoms with Gasteiger partial charge in [0.2, 0.25) is 0 Å². The minimum absolute atomic E-state index is 0.419. The lowest BCUT2D eigenvalue weighted by molar-refractivity contribution is 0.0510. The molecular formula is C10H21NOS. The van der Waals surface area contributed by atoms with Gasteiger partial charge in [0.1, 0.15) is 0 Å². The number of nitrogens with two attached hydrogens (primary N) is 1. The number of aliphatic hydroxyl groups is 1. The summed E-state index contributed by atoms with van der Waals surface area (Å²) >= 11 is 1.83. The van der Waals surface area contributed by atoms with Crippen molar-refractivity contribution in [3.63, 3.8) is 0 Å². The Kier molecular flexibility index (Phi) is 4.07. The van der Waals surface area contributed by atoms with E-state index in [4.69, 9.17) is 5.73 Å². The van der Waals surface area contributed by atoms with Gasteiger partial charge in [-0.15, -0.1) is 0 Å². The molecule has 1 atom stereocenters. The lowest BCUT2D eigenvalue weighted by atomic mass is 10.0. The Hall–Kier alpha value is 0.270. The van der Waals surface area contributed by atoms with E-state index in [0.717, 1.165) is 24.3 Å². The van der Waals surface area contributed by atoms with Crippen LogP contribution < -0.4 is 5.73 Å². The molecule has 13 heavy (non-hydrogen) atoms. The second-order valence-corrected chi connectivity index (χ2v) is 5.52. The fourth-order valence-corrected chi connectivity index (χ4v) is 2.73. The van der Waals surface area contributed by atoms with Gasteiger partial charge in [0.05, 0.1) is 5.60 Å². The van der Waals surface area contributed by atoms with Crippen molar-refractivity contribution in [2.24, 2.45) is 17.6 Å². The summed E-state index contributed by atoms with van der Waals surface area (Å²) in [7, 11) is 0. The van der Waals surface area contributed by atoms with Gasteiger partial charge in [-0.1, -0.05) is 13.8 Å². The number of rotatable bonds is 6. The fraction of sp³-hybridized carbons (Fsp3) is 1.00. The minimum atomic E-state index is -0.570. The summed E-state index contributed by atoms with van der Waals surface area (Å²) in [5.74, 6) is 3.12. The molecular weight excluding hydrogens is 182 g/mol. The molecule has 0 aliphatic heterocycles. The molecule has 0 aromatic heterocycles. The predicted octanol–water partition coefficient (Wildman–Crippen LogP) is 1.48. The maximum atomic E-state index is 10.1. The Balaban J connectivity index is 2.23. The molecule has 0 radical (unpaired) electrons. The van der Waals surface area contributed by atoms with Gasteiger partial charge in [0.25, 0.3) is 0 Å². The molecule has 1 unspecified atom stereocenters. The van der Waals surface area contributed by atoms with Crippen molar-refractivity contribution < 1.29 is 5.11 Å². The first-order valence-electron chi connectivity index (χ1n) is 5.08. The second kappa shape index (κ2) is 4.67. The quantitative estimate of drug-likeness (QED) is 0.687. The van der Waals surface area contributed by atoms with E-state index < -0.39 is 5.60 Å². The van der Waals surface area contributed by atoms with Gasteiger partial charge in [0, 0.05) is 12.3 Å². The van der Waals surface area contributed by atoms with E-state index in [1.54, 1.807) is 0 Å². The maximum Gasteiger partial charge on any atom is 0.0887 e. The lowest BCUT2D eigenvalue weighted by Crippen LogP contribution is -2.42. The molecule has 1 fully saturated rings. The van der Waals surface area contributed by atoms with E-state index in [0.29, 0.717) is 18.4 Å². The third-order valence-corrected chi connectivity index (χ3v) is 4.10. The first-order valence-corrected chi connectivity index (χ1v) is 6.24. The summed E-state index contributed by atoms with van der Waals surface area (Å²) < 4.78 is 0. The normalized spacial score (nSPS) is 21.9. The van der Waals surface area contributed by atoms with Gasteiger partial charge < -0.3 is 10.8 Å². The topological polar surface area (TPSA) is 46.2 Å². The van der Waals surface area contributed by atoms with Crippen LogP contribution in [0, 0.1) is 11.8 Å². The van der Waals surface area contributed by atoms with Crippen molar-refractivity contribution in [3.8, 4) is 0 Å². The van der Waals surface area contributed by atoms with Crippen LogP contribution in [0.15, 0.2) is 0 Å². The molecule has 0 saturated heterocycles. The van der Waals surface area contributed by atoms with E-state index in [9.17, 15) is 5.11 Å². The zero-order valence-electron chi connectivity index (χ0n) is 8.62. The van der Waals surface area contributed by atoms with Crippen molar-refractivity contribution in [2.45, 2.75) is 32.3 Å². The summed E-state index contributed by atoms with van der Waals surface area (Å²) in [5.41, 5.74) is 5.03. The van der Waals surface area contributed by atoms with E-state index in [-0.39, 0.29) is 0 Å². The van der Waals surface area contributed by atoms with E-state index in [1.165, 1.54) is 0 Å². The standard InChI is InChI=1S/C10H21NOS/c1-8(2)5-13-7-10(12,6-11)9-3-4-9/h8-9,12H,3-7,11H2,1-2H3. The lowest BCUT2D eigenvalue weighted by Gasteiger charge is -2.26. The Bertz CT molecular complexity index is 159. The largest absolute Gasteiger partial charge is 0.387 e. The summed E-state index contributed by atoms with van der Waals surface area (Å²) in [6, 6.07) is 0. The molecule has 1 aliphatic carbocycles. The van der Waals surface area contributed by atoms with E-state index >= 15 is 0 Å². The first kappa shape index (κ1) is 11.3. The van der Waals surface area contributed by atoms with Gasteiger partial charge in [0.15, 0.2) is 0 Å². The number of hydrogen-bond acceptors (Lipinski definition) is 3. The zero-order valence-corrected chi connectivity index (χ0v) is 9.44. The van der Waals surface area contributed by atoms with Crippen molar-refractivity contribution in [1.82, 2.24) is 0 Å². The molecule has 1 rings (SSSR count). The highest BCUT2D eigenvalue weighted by Crippen LogP contribution is 2.40. The Morgan fingerprint density at radius 3 is 2.54 bits per heavy atom. The minimum Gasteiger partial charge on any atom is -0.387 e. The third-order valence-electron chi connectivity index (χ3n) is 2.49. The summed E-state index contributed by atoms with van der Waals surface area (Å²) in [6.45, 7) is 4.82. The highest BCUT2D eigenvalue weighted by Gasteiger charge is 2.42. The summed E-state index contributed by atoms with van der Waals surface area (Å²) in [4.78, 5) is 0. The average molecular weight is 203 g/mol. The van der Waals surface area contributed by atoms with Crippen molar-refractivity contribution >= 4 is 11.8 Å². The van der Waals surface area contributed by atoms with Gasteiger partial charge in [-0.2, -0.15) is 11.8 Å². The predicted molar refractivity (Wildman–Crippen MR) is 58.9 cm³/mol. The smallest absolute Gasteiger partial charge is 0.0887 e. The summed E-state index contributed by atoms with van der Waals surface area (Å²) in [6.07, 6.45) is 2.33. The van der Waals surface area contributed by atoms with Crippen LogP contribution in [0.5, 0.6) is 0 Å². The number of hydrogen-bond donors (Lipinski definition) is 2. The van der Waals surface area contributed by atoms with Crippen LogP contribution in [-0.2, 0) is 0 Å². The van der Waals surface area contributed by atoms with Crippen LogP contribution in [-0.4, -0.2) is 28.8 Å². The molecule has 0 amide bonds. The molecule has 3 N–H and O–H groups in total. The van der Waals surface area contributed by atoms with Crippen molar-refractivity contribution in [1.29, 1.82) is 0 Å². The maximum absolute atomic E-state index is 10.1. The monoisotopic (exact) mass is 203 g/mol. The van der Waals surface area contributed by atoms with Crippen molar-refractivity contribution in [2.75, 3.05) is 18.1 Å². The zero-order chi connectivity index (χ0) is 9.90. The molecule has 0 spiro atoms. The molecule has 1 aliphatic rings. The summed E-state index contributed by atoms with van der Waals surface area (Å²) in [5, 5.41) is 10.1. The molecule has 0 aromatic rings. The Labute approximate surface area is 85.3 Å². The Morgan fingerprint density at radius 1 is 1.54 bits per heavy atom. The van der Waals surface area contributed by atoms with Crippen LogP contribution in [0.1, 0.15) is 26.7 Å². The molecule has 0 aromatic carbocycles. The fourth-order valence-electron chi connectivity index (χ4n) is 1.44. The van der Waals surface area contributed by atoms with E-state index in [2.05, 4.69) is 13.8 Å². The average Bonchev–Trinajstić information content (AvgIpc) is 2.85. The highest BCUT2D eigenvalue weighted by atomic mass is 32.2. The molecule has 78 valence electrons. The van der Waals surface area contributed by atoms with Crippen LogP contribution in [0.25, 0.3) is 0 Å².